The summed E-state index contributed by atoms with van der Waals surface area (Å²) in [5.41, 5.74) is 0. The van der Waals surface area contributed by atoms with Gasteiger partial charge in [-0.25, -0.2) is 0 Å². The van der Waals surface area contributed by atoms with Crippen LogP contribution in [0.1, 0.15) is 0 Å². The standard InChI is InChI=1S/Al.Mg.H2S.Zn.5H/h;;1H2;;;;;;. The van der Waals surface area contributed by atoms with Gasteiger partial charge in [0.15, 0.2) is 17.4 Å². The van der Waals surface area contributed by atoms with E-state index in [1.807, 2.05) is 0 Å². The zero-order valence-electron chi connectivity index (χ0n) is 1.21. The van der Waals surface area contributed by atoms with Gasteiger partial charge in [-0.15, -0.1) is 0 Å². The van der Waals surface area contributed by atoms with Crippen molar-refractivity contribution in [3.05, 3.63) is 0 Å². The van der Waals surface area contributed by atoms with Crippen LogP contribution in [0.5, 0.6) is 0 Å². The molecule has 0 N–H and O–H groups in total. The van der Waals surface area contributed by atoms with Gasteiger partial charge in [-0.1, -0.05) is 0 Å². The minimum Gasteiger partial charge on any atom is -0.197 e. The van der Waals surface area contributed by atoms with Crippen LogP contribution in [0.2, 0.25) is 0 Å². The Morgan fingerprint density at radius 3 is 1.00 bits per heavy atom. The molecule has 0 fully saturated rings. The quantitative estimate of drug-likeness (QED) is 0.356. The van der Waals surface area contributed by atoms with Crippen LogP contribution in [-0.4, -0.2) is 40.4 Å². The van der Waals surface area contributed by atoms with Gasteiger partial charge in [0.25, 0.3) is 0 Å². The molecule has 0 radical (unpaired) electrons. The van der Waals surface area contributed by atoms with Gasteiger partial charge >= 0.3 is 23.1 Å². The molecule has 0 aromatic rings. The maximum atomic E-state index is 0. The fraction of sp³-hybridized carbons (Fsp3) is 0. The summed E-state index contributed by atoms with van der Waals surface area (Å²) in [4.78, 5) is 0. The minimum atomic E-state index is 0. The SMILES string of the molecule is S.[AlH3].[MgH2].[Zn]. The van der Waals surface area contributed by atoms with E-state index < -0.39 is 0 Å². The molecule has 0 amide bonds. The molecule has 0 spiro atoms. The summed E-state index contributed by atoms with van der Waals surface area (Å²) in [7, 11) is 0. The molecule has 0 nitrogen and oxygen atoms in total. The summed E-state index contributed by atoms with van der Waals surface area (Å²) in [6.07, 6.45) is 0. The van der Waals surface area contributed by atoms with Crippen molar-refractivity contribution in [2.75, 3.05) is 0 Å². The van der Waals surface area contributed by atoms with Crippen LogP contribution in [0.15, 0.2) is 0 Å². The molecule has 0 rings (SSSR count). The first-order valence-electron chi connectivity index (χ1n) is 0. The monoisotopic (exact) mass is 154 g/mol. The normalized spacial score (nSPS) is 0. The van der Waals surface area contributed by atoms with Crippen molar-refractivity contribution in [2.45, 2.75) is 0 Å². The van der Waals surface area contributed by atoms with Crippen molar-refractivity contribution in [2.24, 2.45) is 0 Å². The zero-order chi connectivity index (χ0) is 0. The van der Waals surface area contributed by atoms with E-state index in [1.165, 1.54) is 0 Å². The van der Waals surface area contributed by atoms with Gasteiger partial charge in [-0.2, -0.15) is 13.5 Å². The van der Waals surface area contributed by atoms with Gasteiger partial charge in [-0.05, 0) is 0 Å². The van der Waals surface area contributed by atoms with Gasteiger partial charge in [0.1, 0.15) is 0 Å². The third kappa shape index (κ3) is 8.86. The second-order valence-electron chi connectivity index (χ2n) is 0. The molecule has 0 heterocycles. The molecule has 0 unspecified atom stereocenters. The predicted octanol–water partition coefficient (Wildman–Crippen LogP) is -1.99. The van der Waals surface area contributed by atoms with E-state index in [0.717, 1.165) is 0 Å². The molecule has 0 aliphatic carbocycles. The molecule has 0 saturated carbocycles. The molecule has 0 saturated heterocycles. The summed E-state index contributed by atoms with van der Waals surface area (Å²) < 4.78 is 0. The zero-order valence-corrected chi connectivity index (χ0v) is 5.17. The van der Waals surface area contributed by atoms with Crippen LogP contribution in [0.4, 0.5) is 0 Å². The second-order valence-corrected chi connectivity index (χ2v) is 0. The van der Waals surface area contributed by atoms with E-state index in [2.05, 4.69) is 0 Å². The summed E-state index contributed by atoms with van der Waals surface area (Å²) in [6.45, 7) is 0. The van der Waals surface area contributed by atoms with Crippen molar-refractivity contribution in [1.82, 2.24) is 0 Å². The number of hydrogen-bond acceptors (Lipinski definition) is 0. The Morgan fingerprint density at radius 2 is 1.00 bits per heavy atom. The van der Waals surface area contributed by atoms with Crippen LogP contribution in [-0.2, 0) is 19.5 Å². The van der Waals surface area contributed by atoms with Crippen molar-refractivity contribution >= 4 is 53.9 Å². The van der Waals surface area contributed by atoms with E-state index in [9.17, 15) is 0 Å². The van der Waals surface area contributed by atoms with Crippen LogP contribution in [0.25, 0.3) is 0 Å². The molecular formula is H7AlMgSZn. The molecule has 0 aliphatic rings. The van der Waals surface area contributed by atoms with Gasteiger partial charge in [0.05, 0.1) is 0 Å². The molecule has 0 aromatic heterocycles. The molecule has 0 bridgehead atoms. The summed E-state index contributed by atoms with van der Waals surface area (Å²) in [5.74, 6) is 0. The summed E-state index contributed by atoms with van der Waals surface area (Å²) in [6, 6.07) is 0. The Hall–Kier alpha value is 2.27. The van der Waals surface area contributed by atoms with E-state index in [0.29, 0.717) is 0 Å². The second kappa shape index (κ2) is 18.6. The first-order chi connectivity index (χ1) is 0. The van der Waals surface area contributed by atoms with Gasteiger partial charge in [0, 0.05) is 19.5 Å². The molecule has 4 heteroatoms. The molecule has 20 valence electrons. The van der Waals surface area contributed by atoms with Crippen molar-refractivity contribution in [1.29, 1.82) is 0 Å². The Labute approximate surface area is 72.6 Å². The largest absolute Gasteiger partial charge is 0.316 e. The third-order valence-electron chi connectivity index (χ3n) is 0. The van der Waals surface area contributed by atoms with Crippen molar-refractivity contribution < 1.29 is 19.5 Å². The van der Waals surface area contributed by atoms with Crippen LogP contribution >= 0.6 is 13.5 Å². The molecule has 0 aliphatic heterocycles. The van der Waals surface area contributed by atoms with Crippen LogP contribution < -0.4 is 0 Å². The maximum Gasteiger partial charge on any atom is 0.316 e. The Morgan fingerprint density at radius 1 is 1.00 bits per heavy atom. The first kappa shape index (κ1) is 33.8. The fourth-order valence-corrected chi connectivity index (χ4v) is 0. The third-order valence-corrected chi connectivity index (χ3v) is 0. The summed E-state index contributed by atoms with van der Waals surface area (Å²) >= 11 is 0. The number of rotatable bonds is 0. The molecule has 4 heavy (non-hydrogen) atoms. The van der Waals surface area contributed by atoms with E-state index >= 15 is 0 Å². The molecule has 0 aromatic carbocycles. The fourth-order valence-electron chi connectivity index (χ4n) is 0. The van der Waals surface area contributed by atoms with E-state index in [-0.39, 0.29) is 73.4 Å². The minimum absolute atomic E-state index is 0. The average Bonchev–Trinajstić information content (AvgIpc) is 0. The Balaban J connectivity index is 0. The van der Waals surface area contributed by atoms with Gasteiger partial charge in [-0.3, -0.25) is 0 Å². The van der Waals surface area contributed by atoms with Crippen molar-refractivity contribution in [3.8, 4) is 0 Å². The average molecular weight is 156 g/mol. The van der Waals surface area contributed by atoms with E-state index in [1.54, 1.807) is 0 Å². The van der Waals surface area contributed by atoms with Gasteiger partial charge in [0.2, 0.25) is 0 Å². The predicted molar refractivity (Wildman–Crippen MR) is 28.9 cm³/mol. The molecular weight excluding hydrogens is 149 g/mol. The number of hydrogen-bond donors (Lipinski definition) is 0. The maximum absolute atomic E-state index is 0. The Kier molecular flexibility index (Phi) is 157. The van der Waals surface area contributed by atoms with Gasteiger partial charge < -0.3 is 0 Å². The van der Waals surface area contributed by atoms with Crippen LogP contribution in [0, 0.1) is 0 Å². The van der Waals surface area contributed by atoms with Crippen LogP contribution in [0.3, 0.4) is 0 Å². The first-order valence-corrected chi connectivity index (χ1v) is 0. The topological polar surface area (TPSA) is 0 Å². The van der Waals surface area contributed by atoms with E-state index in [4.69, 9.17) is 0 Å². The van der Waals surface area contributed by atoms with Crippen molar-refractivity contribution in [3.63, 3.8) is 0 Å². The molecule has 0 atom stereocenters. The Bertz CT molecular complexity index is 8.00. The summed E-state index contributed by atoms with van der Waals surface area (Å²) in [5, 5.41) is 0. The smallest absolute Gasteiger partial charge is 0.197 e.